The Bertz CT molecular complexity index is 631. The van der Waals surface area contributed by atoms with Crippen LogP contribution in [0, 0.1) is 5.92 Å². The predicted molar refractivity (Wildman–Crippen MR) is 82.3 cm³/mol. The minimum absolute atomic E-state index is 0.0140. The molecule has 1 atom stereocenters. The first-order chi connectivity index (χ1) is 9.54. The lowest BCUT2D eigenvalue weighted by molar-refractivity contribution is -0.128. The summed E-state index contributed by atoms with van der Waals surface area (Å²) >= 11 is 1.53. The molecule has 1 unspecified atom stereocenters. The summed E-state index contributed by atoms with van der Waals surface area (Å²) in [5, 5.41) is 7.93. The number of thiazole rings is 1. The molecule has 2 heterocycles. The van der Waals surface area contributed by atoms with E-state index in [1.807, 2.05) is 5.38 Å². The molecule has 0 radical (unpaired) electrons. The molecule has 0 saturated carbocycles. The molecule has 1 aliphatic heterocycles. The second-order valence-corrected chi connectivity index (χ2v) is 9.15. The Hall–Kier alpha value is -0.990. The molecule has 6 nitrogen and oxygen atoms in total. The van der Waals surface area contributed by atoms with Crippen LogP contribution >= 0.6 is 11.3 Å². The molecule has 1 fully saturated rings. The van der Waals surface area contributed by atoms with Crippen LogP contribution in [0.15, 0.2) is 5.38 Å². The average Bonchev–Trinajstić information content (AvgIpc) is 2.84. The number of aromatic nitrogens is 1. The zero-order valence-corrected chi connectivity index (χ0v) is 14.1. The number of nitrogens with zero attached hydrogens (tertiary/aromatic N) is 2. The third-order valence-corrected chi connectivity index (χ3v) is 5.18. The predicted octanol–water partition coefficient (Wildman–Crippen LogP) is 1.08. The van der Waals surface area contributed by atoms with Crippen molar-refractivity contribution in [2.24, 2.45) is 11.1 Å². The van der Waals surface area contributed by atoms with E-state index >= 15 is 0 Å². The van der Waals surface area contributed by atoms with Crippen molar-refractivity contribution < 1.29 is 13.2 Å². The molecular formula is C13H21N3O3S2. The van der Waals surface area contributed by atoms with Gasteiger partial charge in [-0.1, -0.05) is 20.8 Å². The zero-order chi connectivity index (χ0) is 15.8. The highest BCUT2D eigenvalue weighted by atomic mass is 32.2. The first kappa shape index (κ1) is 16.4. The van der Waals surface area contributed by atoms with Gasteiger partial charge in [0.05, 0.1) is 18.0 Å². The molecule has 1 amide bonds. The van der Waals surface area contributed by atoms with E-state index in [9.17, 15) is 13.2 Å². The van der Waals surface area contributed by atoms with Gasteiger partial charge in [0.2, 0.25) is 15.9 Å². The quantitative estimate of drug-likeness (QED) is 0.893. The molecule has 0 aliphatic carbocycles. The zero-order valence-electron chi connectivity index (χ0n) is 12.5. The number of primary sulfonamides is 1. The lowest BCUT2D eigenvalue weighted by Gasteiger charge is -2.16. The highest BCUT2D eigenvalue weighted by Crippen LogP contribution is 2.26. The molecule has 0 aromatic carbocycles. The van der Waals surface area contributed by atoms with E-state index in [1.165, 1.54) is 11.3 Å². The number of likely N-dealkylation sites (tertiary alicyclic amines) is 1. The molecule has 1 saturated heterocycles. The Labute approximate surface area is 129 Å². The van der Waals surface area contributed by atoms with Crippen LogP contribution in [0.25, 0.3) is 0 Å². The lowest BCUT2D eigenvalue weighted by atomic mass is 9.93. The molecule has 1 aromatic rings. The number of amides is 1. The van der Waals surface area contributed by atoms with Crippen LogP contribution in [0.1, 0.15) is 37.9 Å². The van der Waals surface area contributed by atoms with Crippen molar-refractivity contribution >= 4 is 27.3 Å². The standard InChI is InChI=1S/C13H21N3O3S2/c1-13(2,3)10-7-20-11(15-10)6-16-5-9(4-12(16)17)8-21(14,18)19/h7,9H,4-6,8H2,1-3H3,(H2,14,18,19). The minimum atomic E-state index is -3.53. The number of hydrogen-bond acceptors (Lipinski definition) is 5. The number of rotatable bonds is 4. The minimum Gasteiger partial charge on any atom is -0.336 e. The van der Waals surface area contributed by atoms with E-state index < -0.39 is 10.0 Å². The van der Waals surface area contributed by atoms with Gasteiger partial charge in [0.1, 0.15) is 5.01 Å². The molecular weight excluding hydrogens is 310 g/mol. The fraction of sp³-hybridized carbons (Fsp3) is 0.692. The Kier molecular flexibility index (Phi) is 4.41. The summed E-state index contributed by atoms with van der Waals surface area (Å²) in [6.07, 6.45) is 0.244. The second-order valence-electron chi connectivity index (χ2n) is 6.55. The smallest absolute Gasteiger partial charge is 0.223 e. The van der Waals surface area contributed by atoms with Gasteiger partial charge in [-0.25, -0.2) is 18.5 Å². The highest BCUT2D eigenvalue weighted by molar-refractivity contribution is 7.89. The molecule has 2 N–H and O–H groups in total. The first-order valence-corrected chi connectivity index (χ1v) is 9.37. The summed E-state index contributed by atoms with van der Waals surface area (Å²) in [4.78, 5) is 18.2. The number of carbonyl (C=O) groups is 1. The summed E-state index contributed by atoms with van der Waals surface area (Å²) in [5.41, 5.74) is 0.996. The van der Waals surface area contributed by atoms with Crippen molar-refractivity contribution in [2.45, 2.75) is 39.2 Å². The molecule has 21 heavy (non-hydrogen) atoms. The second kappa shape index (κ2) is 5.66. The van der Waals surface area contributed by atoms with Gasteiger partial charge in [-0.05, 0) is 0 Å². The third-order valence-electron chi connectivity index (χ3n) is 3.41. The first-order valence-electron chi connectivity index (χ1n) is 6.78. The summed E-state index contributed by atoms with van der Waals surface area (Å²) in [7, 11) is -3.53. The Morgan fingerprint density at radius 2 is 2.14 bits per heavy atom. The van der Waals surface area contributed by atoms with Gasteiger partial charge >= 0.3 is 0 Å². The van der Waals surface area contributed by atoms with Gasteiger partial charge in [0.15, 0.2) is 0 Å². The van der Waals surface area contributed by atoms with E-state index in [1.54, 1.807) is 4.90 Å². The summed E-state index contributed by atoms with van der Waals surface area (Å²) in [5.74, 6) is -0.383. The molecule has 8 heteroatoms. The van der Waals surface area contributed by atoms with Crippen LogP contribution in [0.4, 0.5) is 0 Å². The van der Waals surface area contributed by atoms with Crippen LogP contribution in [0.5, 0.6) is 0 Å². The number of hydrogen-bond donors (Lipinski definition) is 1. The SMILES string of the molecule is CC(C)(C)c1csc(CN2CC(CS(N)(=O)=O)CC2=O)n1. The van der Waals surface area contributed by atoms with Crippen LogP contribution < -0.4 is 5.14 Å². The third kappa shape index (κ3) is 4.49. The molecule has 118 valence electrons. The van der Waals surface area contributed by atoms with E-state index in [0.717, 1.165) is 10.7 Å². The fourth-order valence-corrected chi connectivity index (χ4v) is 4.25. The van der Waals surface area contributed by atoms with Gasteiger partial charge in [0, 0.05) is 29.7 Å². The van der Waals surface area contributed by atoms with E-state index in [-0.39, 0.29) is 29.4 Å². The normalized spacial score (nSPS) is 20.3. The summed E-state index contributed by atoms with van der Waals surface area (Å²) < 4.78 is 22.2. The molecule has 0 bridgehead atoms. The Morgan fingerprint density at radius 3 is 2.67 bits per heavy atom. The monoisotopic (exact) mass is 331 g/mol. The van der Waals surface area contributed by atoms with Crippen LogP contribution in [0.2, 0.25) is 0 Å². The molecule has 2 rings (SSSR count). The van der Waals surface area contributed by atoms with Crippen LogP contribution in [-0.2, 0) is 26.8 Å². The van der Waals surface area contributed by atoms with Crippen molar-refractivity contribution in [2.75, 3.05) is 12.3 Å². The van der Waals surface area contributed by atoms with Crippen LogP contribution in [0.3, 0.4) is 0 Å². The Morgan fingerprint density at radius 1 is 1.48 bits per heavy atom. The van der Waals surface area contributed by atoms with Crippen molar-refractivity contribution in [1.82, 2.24) is 9.88 Å². The Balaban J connectivity index is 2.00. The molecule has 1 aliphatic rings. The topological polar surface area (TPSA) is 93.4 Å². The van der Waals surface area contributed by atoms with Crippen molar-refractivity contribution in [1.29, 1.82) is 0 Å². The van der Waals surface area contributed by atoms with E-state index in [0.29, 0.717) is 13.1 Å². The van der Waals surface area contributed by atoms with Gasteiger partial charge in [-0.2, -0.15) is 0 Å². The average molecular weight is 331 g/mol. The van der Waals surface area contributed by atoms with Gasteiger partial charge in [-0.3, -0.25) is 4.79 Å². The van der Waals surface area contributed by atoms with Crippen molar-refractivity contribution in [3.05, 3.63) is 16.1 Å². The number of carbonyl (C=O) groups excluding carboxylic acids is 1. The molecule has 1 aromatic heterocycles. The highest BCUT2D eigenvalue weighted by Gasteiger charge is 2.32. The maximum Gasteiger partial charge on any atom is 0.223 e. The summed E-state index contributed by atoms with van der Waals surface area (Å²) in [6, 6.07) is 0. The lowest BCUT2D eigenvalue weighted by Crippen LogP contribution is -2.27. The maximum atomic E-state index is 11.9. The largest absolute Gasteiger partial charge is 0.336 e. The van der Waals surface area contributed by atoms with Crippen molar-refractivity contribution in [3.8, 4) is 0 Å². The molecule has 0 spiro atoms. The van der Waals surface area contributed by atoms with Crippen LogP contribution in [-0.4, -0.2) is 36.5 Å². The maximum absolute atomic E-state index is 11.9. The van der Waals surface area contributed by atoms with Gasteiger partial charge in [0.25, 0.3) is 0 Å². The van der Waals surface area contributed by atoms with Gasteiger partial charge in [-0.15, -0.1) is 11.3 Å². The number of sulfonamides is 1. The number of nitrogens with two attached hydrogens (primary N) is 1. The fourth-order valence-electron chi connectivity index (χ4n) is 2.34. The van der Waals surface area contributed by atoms with E-state index in [4.69, 9.17) is 5.14 Å². The van der Waals surface area contributed by atoms with E-state index in [2.05, 4.69) is 25.8 Å². The van der Waals surface area contributed by atoms with Gasteiger partial charge < -0.3 is 4.90 Å². The summed E-state index contributed by atoms with van der Waals surface area (Å²) in [6.45, 7) is 7.15. The van der Waals surface area contributed by atoms with Crippen molar-refractivity contribution in [3.63, 3.8) is 0 Å².